The minimum atomic E-state index is 0.601. The van der Waals surface area contributed by atoms with E-state index < -0.39 is 0 Å². The maximum absolute atomic E-state index is 2.36. The topological polar surface area (TPSA) is 0 Å². The highest BCUT2D eigenvalue weighted by Crippen LogP contribution is 2.27. The van der Waals surface area contributed by atoms with Crippen molar-refractivity contribution < 1.29 is 0 Å². The third kappa shape index (κ3) is 18.8. The van der Waals surface area contributed by atoms with Gasteiger partial charge in [0.25, 0.3) is 0 Å². The molecule has 0 aromatic heterocycles. The second kappa shape index (κ2) is 14.5. The predicted molar refractivity (Wildman–Crippen MR) is 66.3 cm³/mol. The summed E-state index contributed by atoms with van der Waals surface area (Å²) in [4.78, 5) is 0. The Morgan fingerprint density at radius 2 is 0.923 bits per heavy atom. The van der Waals surface area contributed by atoms with Crippen LogP contribution in [-0.4, -0.2) is 0 Å². The Balaban J connectivity index is -0.000000218. The highest BCUT2D eigenvalue weighted by atomic mass is 14.2. The second-order valence-corrected chi connectivity index (χ2v) is 3.66. The Kier molecular flexibility index (Phi) is 20.9. The van der Waals surface area contributed by atoms with Crippen LogP contribution in [0.15, 0.2) is 0 Å². The fourth-order valence-electron chi connectivity index (χ4n) is 1.48. The van der Waals surface area contributed by atoms with Gasteiger partial charge in [-0.3, -0.25) is 0 Å². The van der Waals surface area contributed by atoms with Crippen LogP contribution in [-0.2, 0) is 0 Å². The van der Waals surface area contributed by atoms with Gasteiger partial charge in [0.1, 0.15) is 0 Å². The predicted octanol–water partition coefficient (Wildman–Crippen LogP) is 5.67. The van der Waals surface area contributed by atoms with Gasteiger partial charge >= 0.3 is 0 Å². The number of rotatable bonds is 4. The minimum absolute atomic E-state index is 0.601. The van der Waals surface area contributed by atoms with E-state index in [1.165, 1.54) is 25.7 Å². The maximum atomic E-state index is 2.36. The van der Waals surface area contributed by atoms with Gasteiger partial charge < -0.3 is 0 Å². The van der Waals surface area contributed by atoms with E-state index in [2.05, 4.69) is 27.7 Å². The van der Waals surface area contributed by atoms with Gasteiger partial charge in [0, 0.05) is 0 Å². The maximum Gasteiger partial charge on any atom is -0.0354 e. The van der Waals surface area contributed by atoms with Crippen molar-refractivity contribution in [1.29, 1.82) is 0 Å². The van der Waals surface area contributed by atoms with Crippen molar-refractivity contribution in [3.8, 4) is 0 Å². The molecule has 0 amide bonds. The normalized spacial score (nSPS) is 9.23. The molecule has 13 heavy (non-hydrogen) atoms. The average molecular weight is 188 g/mol. The molecule has 0 bridgehead atoms. The molecule has 0 saturated heterocycles. The first-order chi connectivity index (χ1) is 6.12. The third-order valence-electron chi connectivity index (χ3n) is 1.85. The summed E-state index contributed by atoms with van der Waals surface area (Å²) in [7, 11) is 0. The van der Waals surface area contributed by atoms with Crippen molar-refractivity contribution in [3.05, 3.63) is 0 Å². The molecule has 0 heteroatoms. The molecule has 0 saturated carbocycles. The highest BCUT2D eigenvalue weighted by molar-refractivity contribution is 4.66. The molecule has 0 aromatic carbocycles. The molecule has 0 aliphatic rings. The lowest BCUT2D eigenvalue weighted by molar-refractivity contribution is 0.301. The molecule has 0 spiro atoms. The van der Waals surface area contributed by atoms with Crippen LogP contribution in [0.25, 0.3) is 0 Å². The third-order valence-corrected chi connectivity index (χ3v) is 1.85. The molecule has 0 atom stereocenters. The molecule has 0 aromatic rings. The van der Waals surface area contributed by atoms with E-state index in [0.29, 0.717) is 5.41 Å². The van der Waals surface area contributed by atoms with Crippen LogP contribution in [0.2, 0.25) is 0 Å². The lowest BCUT2D eigenvalue weighted by Gasteiger charge is -2.22. The molecule has 0 heterocycles. The van der Waals surface area contributed by atoms with Crippen LogP contribution >= 0.6 is 0 Å². The van der Waals surface area contributed by atoms with Crippen LogP contribution in [0.5, 0.6) is 0 Å². The van der Waals surface area contributed by atoms with Crippen molar-refractivity contribution in [2.75, 3.05) is 0 Å². The summed E-state index contributed by atoms with van der Waals surface area (Å²) in [5.74, 6) is 0. The summed E-state index contributed by atoms with van der Waals surface area (Å²) in [6.45, 7) is 17.2. The van der Waals surface area contributed by atoms with Crippen molar-refractivity contribution in [2.24, 2.45) is 5.41 Å². The van der Waals surface area contributed by atoms with E-state index in [-0.39, 0.29) is 0 Å². The Bertz CT molecular complexity index is 54.4. The average Bonchev–Trinajstić information content (AvgIpc) is 2.11. The Morgan fingerprint density at radius 3 is 1.08 bits per heavy atom. The Labute approximate surface area is 87.1 Å². The number of hydrogen-bond donors (Lipinski definition) is 0. The van der Waals surface area contributed by atoms with Crippen LogP contribution in [0.4, 0.5) is 0 Å². The summed E-state index contributed by atoms with van der Waals surface area (Å²) >= 11 is 0. The molecule has 0 fully saturated rings. The fraction of sp³-hybridized carbons (Fsp3) is 1.00. The summed E-state index contributed by atoms with van der Waals surface area (Å²) in [5.41, 5.74) is 0.601. The Hall–Kier alpha value is 0. The molecule has 0 N–H and O–H groups in total. The van der Waals surface area contributed by atoms with E-state index in [9.17, 15) is 0 Å². The van der Waals surface area contributed by atoms with Gasteiger partial charge in [-0.1, -0.05) is 68.2 Å². The van der Waals surface area contributed by atoms with Gasteiger partial charge in [0.05, 0.1) is 0 Å². The highest BCUT2D eigenvalue weighted by Gasteiger charge is 2.13. The fourth-order valence-corrected chi connectivity index (χ4v) is 1.48. The quantitative estimate of drug-likeness (QED) is 0.533. The van der Waals surface area contributed by atoms with E-state index in [1.807, 2.05) is 27.7 Å². The standard InChI is InChI=1S/C9H20.2C2H6/c1-5-7-9(3,4)8-6-2;2*1-2/h5-8H2,1-4H3;2*1-2H3. The summed E-state index contributed by atoms with van der Waals surface area (Å²) in [6.07, 6.45) is 5.40. The Morgan fingerprint density at radius 1 is 0.692 bits per heavy atom. The lowest BCUT2D eigenvalue weighted by Crippen LogP contribution is -2.09. The van der Waals surface area contributed by atoms with Crippen molar-refractivity contribution in [2.45, 2.75) is 81.1 Å². The molecule has 0 nitrogen and oxygen atoms in total. The monoisotopic (exact) mass is 188 g/mol. The van der Waals surface area contributed by atoms with Gasteiger partial charge in [-0.2, -0.15) is 0 Å². The van der Waals surface area contributed by atoms with Gasteiger partial charge in [-0.05, 0) is 18.3 Å². The smallest absolute Gasteiger partial charge is 0.0354 e. The SMILES string of the molecule is CC.CC.CCCC(C)(C)CCC. The second-order valence-electron chi connectivity index (χ2n) is 3.66. The number of hydrogen-bond acceptors (Lipinski definition) is 0. The van der Waals surface area contributed by atoms with Gasteiger partial charge in [-0.25, -0.2) is 0 Å². The zero-order chi connectivity index (χ0) is 11.3. The zero-order valence-electron chi connectivity index (χ0n) is 11.3. The van der Waals surface area contributed by atoms with Crippen LogP contribution in [0, 0.1) is 5.41 Å². The van der Waals surface area contributed by atoms with Crippen LogP contribution in [0.3, 0.4) is 0 Å². The van der Waals surface area contributed by atoms with Crippen molar-refractivity contribution in [3.63, 3.8) is 0 Å². The van der Waals surface area contributed by atoms with E-state index in [0.717, 1.165) is 0 Å². The molecule has 0 aliphatic carbocycles. The molecule has 84 valence electrons. The van der Waals surface area contributed by atoms with E-state index >= 15 is 0 Å². The zero-order valence-corrected chi connectivity index (χ0v) is 11.3. The summed E-state index contributed by atoms with van der Waals surface area (Å²) in [5, 5.41) is 0. The molecular formula is C13H32. The first-order valence-electron chi connectivity index (χ1n) is 6.12. The first kappa shape index (κ1) is 18.7. The summed E-state index contributed by atoms with van der Waals surface area (Å²) < 4.78 is 0. The molecular weight excluding hydrogens is 156 g/mol. The molecule has 0 aliphatic heterocycles. The van der Waals surface area contributed by atoms with E-state index in [4.69, 9.17) is 0 Å². The van der Waals surface area contributed by atoms with Crippen LogP contribution < -0.4 is 0 Å². The molecule has 0 unspecified atom stereocenters. The summed E-state index contributed by atoms with van der Waals surface area (Å²) in [6, 6.07) is 0. The van der Waals surface area contributed by atoms with Crippen molar-refractivity contribution >= 4 is 0 Å². The van der Waals surface area contributed by atoms with Gasteiger partial charge in [0.15, 0.2) is 0 Å². The van der Waals surface area contributed by atoms with E-state index in [1.54, 1.807) is 0 Å². The van der Waals surface area contributed by atoms with Crippen molar-refractivity contribution in [1.82, 2.24) is 0 Å². The van der Waals surface area contributed by atoms with Crippen LogP contribution in [0.1, 0.15) is 81.1 Å². The van der Waals surface area contributed by atoms with Gasteiger partial charge in [-0.15, -0.1) is 0 Å². The lowest BCUT2D eigenvalue weighted by atomic mass is 9.84. The largest absolute Gasteiger partial charge is 0.0683 e. The molecule has 0 rings (SSSR count). The minimum Gasteiger partial charge on any atom is -0.0683 e. The van der Waals surface area contributed by atoms with Gasteiger partial charge in [0.2, 0.25) is 0 Å². The first-order valence-corrected chi connectivity index (χ1v) is 6.12. The molecule has 0 radical (unpaired) electrons.